The number of nitrogens with one attached hydrogen (secondary N) is 3. The molecule has 3 N–H and O–H groups in total. The number of pyridine rings is 2. The van der Waals surface area contributed by atoms with Crippen LogP contribution in [0.2, 0.25) is 10.0 Å². The molecule has 3 aromatic heterocycles. The van der Waals surface area contributed by atoms with E-state index in [4.69, 9.17) is 23.2 Å². The van der Waals surface area contributed by atoms with Crippen LogP contribution in [0.4, 0.5) is 11.6 Å². The van der Waals surface area contributed by atoms with Crippen molar-refractivity contribution in [2.75, 3.05) is 4.90 Å². The van der Waals surface area contributed by atoms with Gasteiger partial charge in [-0.3, -0.25) is 33.7 Å². The predicted octanol–water partition coefficient (Wildman–Crippen LogP) is 5.49. The number of benzene rings is 2. The highest BCUT2D eigenvalue weighted by atomic mass is 35.5. The minimum Gasteiger partial charge on any atom is -0.346 e. The Bertz CT molecular complexity index is 2380. The van der Waals surface area contributed by atoms with Crippen molar-refractivity contribution in [1.29, 1.82) is 5.26 Å². The lowest BCUT2D eigenvalue weighted by Crippen LogP contribution is -2.52. The van der Waals surface area contributed by atoms with E-state index in [1.165, 1.54) is 17.3 Å². The lowest BCUT2D eigenvalue weighted by molar-refractivity contribution is -0.125. The average Bonchev–Trinajstić information content (AvgIpc) is 4.09. The molecule has 4 amide bonds. The van der Waals surface area contributed by atoms with Crippen molar-refractivity contribution >= 4 is 58.5 Å². The molecule has 3 aliphatic rings. The van der Waals surface area contributed by atoms with Crippen LogP contribution in [-0.2, 0) is 33.6 Å². The molecule has 0 unspecified atom stereocenters. The van der Waals surface area contributed by atoms with Crippen LogP contribution >= 0.6 is 23.2 Å². The van der Waals surface area contributed by atoms with Crippen molar-refractivity contribution in [2.45, 2.75) is 62.2 Å². The monoisotopic (exact) mass is 773 g/mol. The zero-order valence-corrected chi connectivity index (χ0v) is 31.0. The number of rotatable bonds is 11. The van der Waals surface area contributed by atoms with Crippen LogP contribution in [-0.4, -0.2) is 48.7 Å². The van der Waals surface area contributed by atoms with Crippen molar-refractivity contribution in [3.05, 3.63) is 135 Å². The summed E-state index contributed by atoms with van der Waals surface area (Å²) in [6.45, 7) is 2.00. The van der Waals surface area contributed by atoms with E-state index in [-0.39, 0.29) is 42.3 Å². The van der Waals surface area contributed by atoms with Crippen molar-refractivity contribution < 1.29 is 19.2 Å². The van der Waals surface area contributed by atoms with Gasteiger partial charge in [-0.1, -0.05) is 41.4 Å². The quantitative estimate of drug-likeness (QED) is 0.158. The van der Waals surface area contributed by atoms with Gasteiger partial charge in [-0.25, -0.2) is 9.88 Å². The van der Waals surface area contributed by atoms with Crippen LogP contribution < -0.4 is 20.9 Å². The predicted molar refractivity (Wildman–Crippen MR) is 202 cm³/mol. The number of carbonyl (C=O) groups is 4. The fourth-order valence-corrected chi connectivity index (χ4v) is 7.55. The summed E-state index contributed by atoms with van der Waals surface area (Å²) in [5, 5.41) is 18.9. The molecule has 5 aromatic rings. The molecule has 2 aliphatic carbocycles. The van der Waals surface area contributed by atoms with Gasteiger partial charge < -0.3 is 16.0 Å². The molecule has 13 nitrogen and oxygen atoms in total. The van der Waals surface area contributed by atoms with E-state index in [0.29, 0.717) is 58.2 Å². The molecule has 8 rings (SSSR count). The molecule has 2 fully saturated rings. The first-order valence-corrected chi connectivity index (χ1v) is 18.4. The number of nitriles is 1. The van der Waals surface area contributed by atoms with E-state index >= 15 is 0 Å². The first-order chi connectivity index (χ1) is 26.4. The minimum absolute atomic E-state index is 0.0916. The highest BCUT2D eigenvalue weighted by Gasteiger charge is 2.57. The molecule has 55 heavy (non-hydrogen) atoms. The number of amides is 4. The van der Waals surface area contributed by atoms with Gasteiger partial charge in [-0.2, -0.15) is 5.26 Å². The van der Waals surface area contributed by atoms with E-state index in [9.17, 15) is 24.4 Å². The number of halogens is 2. The summed E-state index contributed by atoms with van der Waals surface area (Å²) >= 11 is 12.7. The van der Waals surface area contributed by atoms with Crippen LogP contribution in [0.25, 0.3) is 0 Å². The Balaban J connectivity index is 1.01. The van der Waals surface area contributed by atoms with Crippen LogP contribution in [0.3, 0.4) is 0 Å². The maximum Gasteiger partial charge on any atom is 0.270 e. The number of fused-ring (bicyclic) bond motifs is 1. The summed E-state index contributed by atoms with van der Waals surface area (Å²) in [7, 11) is 0. The first-order valence-electron chi connectivity index (χ1n) is 17.6. The maximum absolute atomic E-state index is 14.4. The number of aromatic nitrogens is 4. The van der Waals surface area contributed by atoms with E-state index in [1.807, 2.05) is 12.1 Å². The van der Waals surface area contributed by atoms with Gasteiger partial charge in [0.2, 0.25) is 11.9 Å². The normalized spacial score (nSPS) is 18.5. The summed E-state index contributed by atoms with van der Waals surface area (Å²) in [4.78, 5) is 69.9. The van der Waals surface area contributed by atoms with Gasteiger partial charge in [0.05, 0.1) is 52.6 Å². The van der Waals surface area contributed by atoms with Crippen molar-refractivity contribution in [2.24, 2.45) is 0 Å². The Labute approximate surface area is 325 Å². The summed E-state index contributed by atoms with van der Waals surface area (Å²) in [6.07, 6.45) is 6.83. The molecule has 4 heterocycles. The van der Waals surface area contributed by atoms with Crippen LogP contribution in [0.15, 0.2) is 91.4 Å². The van der Waals surface area contributed by atoms with Crippen molar-refractivity contribution in [1.82, 2.24) is 35.5 Å². The molecule has 0 bridgehead atoms. The van der Waals surface area contributed by atoms with Gasteiger partial charge >= 0.3 is 0 Å². The first kappa shape index (κ1) is 35.9. The lowest BCUT2D eigenvalue weighted by Gasteiger charge is -2.27. The molecule has 0 spiro atoms. The van der Waals surface area contributed by atoms with Crippen molar-refractivity contribution in [3.8, 4) is 6.07 Å². The second-order valence-electron chi connectivity index (χ2n) is 14.3. The lowest BCUT2D eigenvalue weighted by atomic mass is 9.91. The fraction of sp³-hybridized carbons (Fsp3) is 0.250. The Hall–Kier alpha value is -6.10. The standard InChI is InChI=1S/C40H33Cl2N9O4/c1-38(19-24-5-7-25(20-43)8-6-24)36(55)50(30-17-27(41)16-28(42)18-30)37-47-23-31(51(37)38)34(53)48-40(13-14-40)35(54)49-39(11-12-39)32-10-9-26(21-45-32)33(52)46-22-29-4-2-3-15-44-29/h2-10,15-18,21,23H,11-14,19,22H2,1H3,(H,46,52)(H,48,53)(H,49,54)/t38-/m1/s1. The topological polar surface area (TPSA) is 175 Å². The van der Waals surface area contributed by atoms with E-state index < -0.39 is 22.5 Å². The summed E-state index contributed by atoms with van der Waals surface area (Å²) in [6, 6.07) is 22.6. The number of anilines is 2. The molecule has 276 valence electrons. The number of nitrogens with zero attached hydrogens (tertiary/aromatic N) is 6. The molecule has 1 atom stereocenters. The van der Waals surface area contributed by atoms with E-state index in [1.54, 1.807) is 78.4 Å². The second kappa shape index (κ2) is 13.6. The smallest absolute Gasteiger partial charge is 0.270 e. The van der Waals surface area contributed by atoms with Crippen LogP contribution in [0, 0.1) is 11.3 Å². The van der Waals surface area contributed by atoms with Crippen LogP contribution in [0.5, 0.6) is 0 Å². The van der Waals surface area contributed by atoms with Gasteiger partial charge in [0, 0.05) is 28.9 Å². The zero-order chi connectivity index (χ0) is 38.5. The van der Waals surface area contributed by atoms with Gasteiger partial charge in [0.1, 0.15) is 16.8 Å². The van der Waals surface area contributed by atoms with Gasteiger partial charge in [-0.05, 0) is 92.8 Å². The maximum atomic E-state index is 14.4. The van der Waals surface area contributed by atoms with Gasteiger partial charge in [0.25, 0.3) is 17.7 Å². The minimum atomic E-state index is -1.34. The highest BCUT2D eigenvalue weighted by Crippen LogP contribution is 2.47. The van der Waals surface area contributed by atoms with Gasteiger partial charge in [-0.15, -0.1) is 0 Å². The number of hydrogen-bond donors (Lipinski definition) is 3. The van der Waals surface area contributed by atoms with E-state index in [0.717, 1.165) is 11.3 Å². The summed E-state index contributed by atoms with van der Waals surface area (Å²) < 4.78 is 1.59. The third-order valence-corrected chi connectivity index (χ3v) is 10.8. The number of imidazole rings is 1. The number of carbonyl (C=O) groups excluding carboxylic acids is 4. The number of hydrogen-bond acceptors (Lipinski definition) is 8. The summed E-state index contributed by atoms with van der Waals surface area (Å²) in [5.41, 5.74) is 0.195. The Morgan fingerprint density at radius 2 is 1.62 bits per heavy atom. The fourth-order valence-electron chi connectivity index (χ4n) is 7.03. The molecule has 2 saturated carbocycles. The molecule has 2 aromatic carbocycles. The largest absolute Gasteiger partial charge is 0.346 e. The van der Waals surface area contributed by atoms with Gasteiger partial charge in [0.15, 0.2) is 0 Å². The molecule has 0 saturated heterocycles. The summed E-state index contributed by atoms with van der Waals surface area (Å²) in [5.74, 6) is -1.38. The Morgan fingerprint density at radius 3 is 2.24 bits per heavy atom. The highest BCUT2D eigenvalue weighted by molar-refractivity contribution is 6.35. The Morgan fingerprint density at radius 1 is 0.873 bits per heavy atom. The zero-order valence-electron chi connectivity index (χ0n) is 29.5. The molecule has 1 aliphatic heterocycles. The average molecular weight is 775 g/mol. The van der Waals surface area contributed by atoms with E-state index in [2.05, 4.69) is 37.0 Å². The third kappa shape index (κ3) is 6.68. The Kier molecular flexibility index (Phi) is 8.90. The van der Waals surface area contributed by atoms with Crippen molar-refractivity contribution in [3.63, 3.8) is 0 Å². The second-order valence-corrected chi connectivity index (χ2v) is 15.2. The third-order valence-electron chi connectivity index (χ3n) is 10.4. The molecule has 0 radical (unpaired) electrons. The SMILES string of the molecule is C[C@@]1(Cc2ccc(C#N)cc2)C(=O)N(c2cc(Cl)cc(Cl)c2)c2ncc(C(=O)NC3(C(=O)NC4(c5ccc(C(=O)NCc6ccccn6)cn5)CC4)CC3)n21. The molecule has 15 heteroatoms. The molecular weight excluding hydrogens is 741 g/mol. The molecular formula is C40H33Cl2N9O4. The van der Waals surface area contributed by atoms with Crippen LogP contribution in [0.1, 0.15) is 76.0 Å².